The minimum atomic E-state index is -0.546. The van der Waals surface area contributed by atoms with Crippen molar-refractivity contribution in [3.05, 3.63) is 29.8 Å². The Morgan fingerprint density at radius 2 is 2.12 bits per heavy atom. The first-order valence-electron chi connectivity index (χ1n) is 5.75. The van der Waals surface area contributed by atoms with Crippen LogP contribution in [0.3, 0.4) is 0 Å². The first-order chi connectivity index (χ1) is 8.06. The van der Waals surface area contributed by atoms with Crippen molar-refractivity contribution in [2.75, 3.05) is 6.61 Å². The van der Waals surface area contributed by atoms with E-state index < -0.39 is 12.0 Å². The topological polar surface area (TPSA) is 72.6 Å². The van der Waals surface area contributed by atoms with Gasteiger partial charge in [-0.2, -0.15) is 0 Å². The number of aliphatic hydroxyl groups is 1. The van der Waals surface area contributed by atoms with Crippen LogP contribution in [0.5, 0.6) is 5.75 Å². The zero-order valence-electron chi connectivity index (χ0n) is 10.2. The summed E-state index contributed by atoms with van der Waals surface area (Å²) >= 11 is 0. The molecule has 0 aromatic heterocycles. The molecule has 17 heavy (non-hydrogen) atoms. The quantitative estimate of drug-likeness (QED) is 0.789. The second-order valence-electron chi connectivity index (χ2n) is 4.08. The molecule has 0 fully saturated rings. The number of hydrogen-bond donors (Lipinski definition) is 2. The molecule has 4 heteroatoms. The Kier molecular flexibility index (Phi) is 4.97. The number of hydrogen-bond acceptors (Lipinski definition) is 3. The van der Waals surface area contributed by atoms with Crippen LogP contribution >= 0.6 is 0 Å². The molecule has 0 spiro atoms. The Hall–Kier alpha value is -1.55. The average molecular weight is 237 g/mol. The van der Waals surface area contributed by atoms with Crippen LogP contribution in [-0.4, -0.2) is 17.6 Å². The third-order valence-corrected chi connectivity index (χ3v) is 2.64. The fourth-order valence-electron chi connectivity index (χ4n) is 1.40. The predicted molar refractivity (Wildman–Crippen MR) is 65.5 cm³/mol. The molecular formula is C13H19NO3. The van der Waals surface area contributed by atoms with Crippen LogP contribution in [-0.2, 0) is 4.79 Å². The number of nitrogens with two attached hydrogens (primary N) is 1. The fraction of sp³-hybridized carbons (Fsp3) is 0.462. The van der Waals surface area contributed by atoms with E-state index in [0.717, 1.165) is 5.56 Å². The summed E-state index contributed by atoms with van der Waals surface area (Å²) in [6.45, 7) is 3.83. The van der Waals surface area contributed by atoms with Crippen LogP contribution < -0.4 is 10.5 Å². The van der Waals surface area contributed by atoms with Crippen molar-refractivity contribution in [3.8, 4) is 5.75 Å². The summed E-state index contributed by atoms with van der Waals surface area (Å²) in [4.78, 5) is 10.9. The molecule has 4 nitrogen and oxygen atoms in total. The molecule has 0 radical (unpaired) electrons. The molecule has 0 saturated heterocycles. The lowest BCUT2D eigenvalue weighted by Crippen LogP contribution is -2.26. The van der Waals surface area contributed by atoms with Crippen molar-refractivity contribution in [3.63, 3.8) is 0 Å². The number of para-hydroxylation sites is 1. The number of rotatable bonds is 6. The van der Waals surface area contributed by atoms with Gasteiger partial charge >= 0.3 is 0 Å². The van der Waals surface area contributed by atoms with E-state index in [1.165, 1.54) is 0 Å². The van der Waals surface area contributed by atoms with Gasteiger partial charge in [0.25, 0.3) is 0 Å². The highest BCUT2D eigenvalue weighted by Gasteiger charge is 2.14. The van der Waals surface area contributed by atoms with Crippen molar-refractivity contribution >= 4 is 5.91 Å². The molecule has 0 aliphatic rings. The molecule has 0 aliphatic heterocycles. The number of amides is 1. The highest BCUT2D eigenvalue weighted by Crippen LogP contribution is 2.27. The van der Waals surface area contributed by atoms with Crippen molar-refractivity contribution in [2.45, 2.75) is 26.4 Å². The first-order valence-corrected chi connectivity index (χ1v) is 5.75. The number of benzene rings is 1. The monoisotopic (exact) mass is 237 g/mol. The van der Waals surface area contributed by atoms with Crippen LogP contribution in [0.4, 0.5) is 0 Å². The summed E-state index contributed by atoms with van der Waals surface area (Å²) in [7, 11) is 0. The van der Waals surface area contributed by atoms with Gasteiger partial charge in [0, 0.05) is 5.56 Å². The van der Waals surface area contributed by atoms with E-state index in [1.54, 1.807) is 13.0 Å². The molecule has 1 aromatic rings. The van der Waals surface area contributed by atoms with Gasteiger partial charge in [-0.15, -0.1) is 0 Å². The molecular weight excluding hydrogens is 218 g/mol. The van der Waals surface area contributed by atoms with Gasteiger partial charge in [-0.05, 0) is 12.5 Å². The summed E-state index contributed by atoms with van der Waals surface area (Å²) < 4.78 is 5.52. The molecule has 2 atom stereocenters. The molecule has 0 saturated carbocycles. The van der Waals surface area contributed by atoms with E-state index in [2.05, 4.69) is 0 Å². The van der Waals surface area contributed by atoms with E-state index in [4.69, 9.17) is 10.5 Å². The largest absolute Gasteiger partial charge is 0.492 e. The Bertz CT molecular complexity index is 379. The highest BCUT2D eigenvalue weighted by molar-refractivity contribution is 5.76. The summed E-state index contributed by atoms with van der Waals surface area (Å²) in [6.07, 6.45) is 0.0706. The van der Waals surface area contributed by atoms with Gasteiger partial charge in [-0.25, -0.2) is 0 Å². The minimum absolute atomic E-state index is 0.225. The molecule has 1 amide bonds. The third kappa shape index (κ3) is 3.75. The van der Waals surface area contributed by atoms with Gasteiger partial charge in [0.1, 0.15) is 5.75 Å². The van der Waals surface area contributed by atoms with E-state index in [-0.39, 0.29) is 12.5 Å². The van der Waals surface area contributed by atoms with Crippen molar-refractivity contribution in [2.24, 2.45) is 11.7 Å². The molecule has 3 N–H and O–H groups in total. The summed E-state index contributed by atoms with van der Waals surface area (Å²) in [5.41, 5.74) is 5.90. The molecule has 94 valence electrons. The van der Waals surface area contributed by atoms with E-state index in [1.807, 2.05) is 25.1 Å². The lowest BCUT2D eigenvalue weighted by atomic mass is 10.1. The number of ether oxygens (including phenoxy) is 1. The molecule has 0 bridgehead atoms. The van der Waals surface area contributed by atoms with Gasteiger partial charge in [0.15, 0.2) is 0 Å². The molecule has 0 heterocycles. The number of primary amides is 1. The fourth-order valence-corrected chi connectivity index (χ4v) is 1.40. The van der Waals surface area contributed by atoms with Gasteiger partial charge in [-0.3, -0.25) is 4.79 Å². The van der Waals surface area contributed by atoms with Crippen LogP contribution in [0.2, 0.25) is 0 Å². The molecule has 2 unspecified atom stereocenters. The lowest BCUT2D eigenvalue weighted by molar-refractivity contribution is -0.122. The SMILES string of the molecule is CCC(O)c1ccccc1OCC(C)C(N)=O. The molecule has 1 aromatic carbocycles. The Morgan fingerprint density at radius 1 is 1.47 bits per heavy atom. The lowest BCUT2D eigenvalue weighted by Gasteiger charge is -2.16. The van der Waals surface area contributed by atoms with Crippen LogP contribution in [0, 0.1) is 5.92 Å². The summed E-state index contributed by atoms with van der Waals surface area (Å²) in [5.74, 6) is -0.129. The molecule has 0 aliphatic carbocycles. The number of carbonyl (C=O) groups excluding carboxylic acids is 1. The number of carbonyl (C=O) groups is 1. The van der Waals surface area contributed by atoms with E-state index in [9.17, 15) is 9.90 Å². The zero-order chi connectivity index (χ0) is 12.8. The predicted octanol–water partition coefficient (Wildman–Crippen LogP) is 1.63. The maximum Gasteiger partial charge on any atom is 0.223 e. The third-order valence-electron chi connectivity index (χ3n) is 2.64. The normalized spacial score (nSPS) is 14.1. The second-order valence-corrected chi connectivity index (χ2v) is 4.08. The second kappa shape index (κ2) is 6.25. The highest BCUT2D eigenvalue weighted by atomic mass is 16.5. The van der Waals surface area contributed by atoms with Gasteiger partial charge < -0.3 is 15.6 Å². The minimum Gasteiger partial charge on any atom is -0.492 e. The number of aliphatic hydroxyl groups excluding tert-OH is 1. The standard InChI is InChI=1S/C13H19NO3/c1-3-11(15)10-6-4-5-7-12(10)17-8-9(2)13(14)16/h4-7,9,11,15H,3,8H2,1-2H3,(H2,14,16). The van der Waals surface area contributed by atoms with Crippen molar-refractivity contribution in [1.82, 2.24) is 0 Å². The van der Waals surface area contributed by atoms with Gasteiger partial charge in [-0.1, -0.05) is 32.0 Å². The summed E-state index contributed by atoms with van der Waals surface area (Å²) in [5, 5.41) is 9.81. The zero-order valence-corrected chi connectivity index (χ0v) is 10.2. The van der Waals surface area contributed by atoms with Crippen LogP contribution in [0.15, 0.2) is 24.3 Å². The van der Waals surface area contributed by atoms with Crippen molar-refractivity contribution in [1.29, 1.82) is 0 Å². The molecule has 1 rings (SSSR count). The van der Waals surface area contributed by atoms with Gasteiger partial charge in [0.05, 0.1) is 18.6 Å². The average Bonchev–Trinajstić information content (AvgIpc) is 2.35. The summed E-state index contributed by atoms with van der Waals surface area (Å²) in [6, 6.07) is 7.27. The van der Waals surface area contributed by atoms with Crippen LogP contribution in [0.1, 0.15) is 31.9 Å². The first kappa shape index (κ1) is 13.5. The Balaban J connectivity index is 2.73. The van der Waals surface area contributed by atoms with Crippen LogP contribution in [0.25, 0.3) is 0 Å². The van der Waals surface area contributed by atoms with E-state index in [0.29, 0.717) is 12.2 Å². The maximum atomic E-state index is 10.9. The Morgan fingerprint density at radius 3 is 2.71 bits per heavy atom. The smallest absolute Gasteiger partial charge is 0.223 e. The maximum absolute atomic E-state index is 10.9. The van der Waals surface area contributed by atoms with Gasteiger partial charge in [0.2, 0.25) is 5.91 Å². The Labute approximate surface area is 101 Å². The van der Waals surface area contributed by atoms with Crippen molar-refractivity contribution < 1.29 is 14.6 Å². The van der Waals surface area contributed by atoms with E-state index >= 15 is 0 Å².